The van der Waals surface area contributed by atoms with Crippen molar-refractivity contribution in [2.24, 2.45) is 5.92 Å². The van der Waals surface area contributed by atoms with Gasteiger partial charge in [0.05, 0.1) is 6.10 Å². The molecule has 3 heteroatoms. The molecule has 18 heavy (non-hydrogen) atoms. The maximum absolute atomic E-state index is 6.02. The molecule has 1 fully saturated rings. The third-order valence-corrected chi connectivity index (χ3v) is 3.62. The van der Waals surface area contributed by atoms with E-state index in [0.29, 0.717) is 0 Å². The summed E-state index contributed by atoms with van der Waals surface area (Å²) in [4.78, 5) is 0. The lowest BCUT2D eigenvalue weighted by Crippen LogP contribution is -2.23. The molecule has 0 spiro atoms. The van der Waals surface area contributed by atoms with Gasteiger partial charge in [-0.3, -0.25) is 0 Å². The molecular weight excluding hydrogens is 246 g/mol. The number of rotatable bonds is 8. The Bertz CT molecular complexity index is 348. The van der Waals surface area contributed by atoms with Gasteiger partial charge in [0.25, 0.3) is 0 Å². The minimum absolute atomic E-state index is 0.140. The molecule has 1 saturated carbocycles. The van der Waals surface area contributed by atoms with Gasteiger partial charge in [-0.25, -0.2) is 0 Å². The highest BCUT2D eigenvalue weighted by Crippen LogP contribution is 2.32. The van der Waals surface area contributed by atoms with E-state index >= 15 is 0 Å². The van der Waals surface area contributed by atoms with Crippen LogP contribution in [0.3, 0.4) is 0 Å². The highest BCUT2D eigenvalue weighted by molar-refractivity contribution is 6.30. The number of hydrogen-bond acceptors (Lipinski definition) is 2. The number of benzene rings is 1. The molecule has 1 aliphatic rings. The first-order valence-corrected chi connectivity index (χ1v) is 7.25. The number of hydrogen-bond donors (Lipinski definition) is 1. The molecule has 0 saturated heterocycles. The summed E-state index contributed by atoms with van der Waals surface area (Å²) in [5.74, 6) is 0.926. The predicted molar refractivity (Wildman–Crippen MR) is 76.0 cm³/mol. The first-order valence-electron chi connectivity index (χ1n) is 6.87. The molecule has 1 aromatic rings. The monoisotopic (exact) mass is 267 g/mol. The van der Waals surface area contributed by atoms with Crippen LogP contribution in [0.5, 0.6) is 0 Å². The quantitative estimate of drug-likeness (QED) is 0.773. The van der Waals surface area contributed by atoms with Crippen LogP contribution in [0.2, 0.25) is 5.02 Å². The molecule has 1 aliphatic carbocycles. The Labute approximate surface area is 115 Å². The fourth-order valence-electron chi connectivity index (χ4n) is 2.01. The Morgan fingerprint density at radius 1 is 1.33 bits per heavy atom. The number of nitrogens with one attached hydrogen (secondary N) is 1. The van der Waals surface area contributed by atoms with Crippen LogP contribution in [0.1, 0.15) is 37.9 Å². The van der Waals surface area contributed by atoms with E-state index in [0.717, 1.165) is 30.6 Å². The zero-order chi connectivity index (χ0) is 12.8. The molecule has 0 bridgehead atoms. The molecule has 100 valence electrons. The second-order valence-electron chi connectivity index (χ2n) is 4.95. The summed E-state index contributed by atoms with van der Waals surface area (Å²) in [5.41, 5.74) is 1.20. The smallest absolute Gasteiger partial charge is 0.0949 e. The predicted octanol–water partition coefficient (Wildman–Crippen LogP) is 3.81. The lowest BCUT2D eigenvalue weighted by atomic mass is 10.1. The number of likely N-dealkylation sites (N-methyl/N-ethyl adjacent to an activating group) is 1. The number of halogens is 1. The zero-order valence-electron chi connectivity index (χ0n) is 11.0. The van der Waals surface area contributed by atoms with Crippen LogP contribution in [0, 0.1) is 5.92 Å². The fraction of sp³-hybridized carbons (Fsp3) is 0.600. The summed E-state index contributed by atoms with van der Waals surface area (Å²) in [6, 6.07) is 7.98. The highest BCUT2D eigenvalue weighted by atomic mass is 35.5. The maximum atomic E-state index is 6.02. The Morgan fingerprint density at radius 2 is 2.06 bits per heavy atom. The van der Waals surface area contributed by atoms with Gasteiger partial charge >= 0.3 is 0 Å². The van der Waals surface area contributed by atoms with Gasteiger partial charge in [0.15, 0.2) is 0 Å². The van der Waals surface area contributed by atoms with Crippen LogP contribution >= 0.6 is 11.6 Å². The van der Waals surface area contributed by atoms with Gasteiger partial charge in [-0.05, 0) is 36.6 Å². The van der Waals surface area contributed by atoms with Crippen LogP contribution in [-0.4, -0.2) is 19.7 Å². The van der Waals surface area contributed by atoms with Crippen molar-refractivity contribution in [3.8, 4) is 0 Å². The van der Waals surface area contributed by atoms with E-state index < -0.39 is 0 Å². The average molecular weight is 268 g/mol. The molecule has 0 aromatic heterocycles. The Hall–Kier alpha value is -0.570. The van der Waals surface area contributed by atoms with Gasteiger partial charge in [-0.15, -0.1) is 0 Å². The first-order chi connectivity index (χ1) is 8.79. The number of ether oxygens (including phenoxy) is 1. The van der Waals surface area contributed by atoms with Crippen molar-refractivity contribution in [3.63, 3.8) is 0 Å². The highest BCUT2D eigenvalue weighted by Gasteiger charge is 2.21. The Morgan fingerprint density at radius 3 is 2.67 bits per heavy atom. The minimum Gasteiger partial charge on any atom is -0.372 e. The third kappa shape index (κ3) is 4.60. The van der Waals surface area contributed by atoms with Crippen LogP contribution in [0.25, 0.3) is 0 Å². The van der Waals surface area contributed by atoms with E-state index in [9.17, 15) is 0 Å². The molecular formula is C15H22ClNO. The molecule has 0 heterocycles. The van der Waals surface area contributed by atoms with Crippen molar-refractivity contribution in [3.05, 3.63) is 34.9 Å². The van der Waals surface area contributed by atoms with E-state index in [1.165, 1.54) is 24.8 Å². The van der Waals surface area contributed by atoms with E-state index in [-0.39, 0.29) is 6.10 Å². The summed E-state index contributed by atoms with van der Waals surface area (Å²) in [5, 5.41) is 4.13. The molecule has 1 aromatic carbocycles. The molecule has 1 N–H and O–H groups in total. The van der Waals surface area contributed by atoms with E-state index in [4.69, 9.17) is 16.3 Å². The first kappa shape index (κ1) is 13.9. The fourth-order valence-corrected chi connectivity index (χ4v) is 2.14. The lowest BCUT2D eigenvalue weighted by molar-refractivity contribution is 0.0489. The molecule has 1 atom stereocenters. The maximum Gasteiger partial charge on any atom is 0.0949 e. The second kappa shape index (κ2) is 7.13. The van der Waals surface area contributed by atoms with Crippen molar-refractivity contribution >= 4 is 11.6 Å². The Balaban J connectivity index is 1.87. The standard InChI is InChI=1S/C15H22ClNO/c1-2-17-11-15(18-10-9-12-3-4-12)13-5-7-14(16)8-6-13/h5-8,12,15,17H,2-4,9-11H2,1H3. The largest absolute Gasteiger partial charge is 0.372 e. The Kier molecular flexibility index (Phi) is 5.48. The van der Waals surface area contributed by atoms with E-state index in [2.05, 4.69) is 24.4 Å². The third-order valence-electron chi connectivity index (χ3n) is 3.36. The van der Waals surface area contributed by atoms with Crippen LogP contribution < -0.4 is 5.32 Å². The normalized spacial score (nSPS) is 16.8. The minimum atomic E-state index is 0.140. The molecule has 0 amide bonds. The molecule has 1 unspecified atom stereocenters. The van der Waals surface area contributed by atoms with Crippen LogP contribution in [0.4, 0.5) is 0 Å². The van der Waals surface area contributed by atoms with Crippen LogP contribution in [0.15, 0.2) is 24.3 Å². The van der Waals surface area contributed by atoms with Gasteiger partial charge in [-0.2, -0.15) is 0 Å². The van der Waals surface area contributed by atoms with E-state index in [1.807, 2.05) is 12.1 Å². The SMILES string of the molecule is CCNCC(OCCC1CC1)c1ccc(Cl)cc1. The summed E-state index contributed by atoms with van der Waals surface area (Å²) in [6.45, 7) is 4.81. The van der Waals surface area contributed by atoms with Crippen molar-refractivity contribution < 1.29 is 4.74 Å². The van der Waals surface area contributed by atoms with Gasteiger partial charge in [0, 0.05) is 18.2 Å². The van der Waals surface area contributed by atoms with Gasteiger partial charge in [-0.1, -0.05) is 43.5 Å². The zero-order valence-corrected chi connectivity index (χ0v) is 11.7. The summed E-state index contributed by atoms with van der Waals surface area (Å²) in [7, 11) is 0. The molecule has 0 radical (unpaired) electrons. The van der Waals surface area contributed by atoms with Crippen molar-refractivity contribution in [1.29, 1.82) is 0 Å². The second-order valence-corrected chi connectivity index (χ2v) is 5.39. The molecule has 2 nitrogen and oxygen atoms in total. The van der Waals surface area contributed by atoms with Crippen LogP contribution in [-0.2, 0) is 4.74 Å². The van der Waals surface area contributed by atoms with Gasteiger partial charge < -0.3 is 10.1 Å². The molecule has 2 rings (SSSR count). The summed E-state index contributed by atoms with van der Waals surface area (Å²) < 4.78 is 6.02. The van der Waals surface area contributed by atoms with Gasteiger partial charge in [0.2, 0.25) is 0 Å². The molecule has 0 aliphatic heterocycles. The average Bonchev–Trinajstić information content (AvgIpc) is 3.19. The van der Waals surface area contributed by atoms with E-state index in [1.54, 1.807) is 0 Å². The van der Waals surface area contributed by atoms with Gasteiger partial charge in [0.1, 0.15) is 0 Å². The van der Waals surface area contributed by atoms with Crippen molar-refractivity contribution in [1.82, 2.24) is 5.32 Å². The summed E-state index contributed by atoms with van der Waals surface area (Å²) in [6.07, 6.45) is 4.13. The summed E-state index contributed by atoms with van der Waals surface area (Å²) >= 11 is 5.92. The van der Waals surface area contributed by atoms with Crippen molar-refractivity contribution in [2.45, 2.75) is 32.3 Å². The van der Waals surface area contributed by atoms with Crippen molar-refractivity contribution in [2.75, 3.05) is 19.7 Å². The lowest BCUT2D eigenvalue weighted by Gasteiger charge is -2.19. The topological polar surface area (TPSA) is 21.3 Å².